The average Bonchev–Trinajstić information content (AvgIpc) is 2.33. The van der Waals surface area contributed by atoms with Crippen LogP contribution in [0.15, 0.2) is 0 Å². The molecule has 8 nitrogen and oxygen atoms in total. The van der Waals surface area contributed by atoms with Crippen molar-refractivity contribution >= 4 is 23.8 Å². The van der Waals surface area contributed by atoms with E-state index in [1.807, 2.05) is 0 Å². The summed E-state index contributed by atoms with van der Waals surface area (Å²) in [5.41, 5.74) is -1.21. The minimum atomic E-state index is -1.21. The zero-order valence-corrected chi connectivity index (χ0v) is 12.0. The van der Waals surface area contributed by atoms with Gasteiger partial charge in [0.25, 0.3) is 5.91 Å². The lowest BCUT2D eigenvalue weighted by Crippen LogP contribution is -2.67. The minimum absolute atomic E-state index is 0.228. The Balaban J connectivity index is 3.02. The molecule has 1 saturated heterocycles. The summed E-state index contributed by atoms with van der Waals surface area (Å²) in [6.07, 6.45) is 0.228. The maximum atomic E-state index is 12.4. The van der Waals surface area contributed by atoms with Crippen molar-refractivity contribution in [3.8, 4) is 0 Å². The van der Waals surface area contributed by atoms with Gasteiger partial charge in [0.05, 0.1) is 0 Å². The predicted molar refractivity (Wildman–Crippen MR) is 68.8 cm³/mol. The Morgan fingerprint density at radius 3 is 2.45 bits per heavy atom. The van der Waals surface area contributed by atoms with Gasteiger partial charge in [0.2, 0.25) is 5.91 Å². The largest absolute Gasteiger partial charge is 0.480 e. The van der Waals surface area contributed by atoms with Crippen molar-refractivity contribution in [2.75, 3.05) is 13.6 Å². The Hall–Kier alpha value is -2.12. The molecule has 0 saturated carbocycles. The van der Waals surface area contributed by atoms with Gasteiger partial charge in [-0.3, -0.25) is 14.9 Å². The number of nitrogens with one attached hydrogen (secondary N) is 1. The predicted octanol–water partition coefficient (Wildman–Crippen LogP) is -0.362. The lowest BCUT2D eigenvalue weighted by molar-refractivity contribution is -0.144. The molecule has 1 rings (SSSR count). The van der Waals surface area contributed by atoms with Gasteiger partial charge in [-0.2, -0.15) is 0 Å². The number of imide groups is 1. The normalized spacial score (nSPS) is 19.3. The summed E-state index contributed by atoms with van der Waals surface area (Å²) in [6, 6.07) is -1.66. The Bertz CT molecular complexity index is 460. The number of carboxylic acid groups (broad SMARTS) is 1. The first-order valence-electron chi connectivity index (χ1n) is 6.24. The lowest BCUT2D eigenvalue weighted by atomic mass is 9.99. The zero-order valence-electron chi connectivity index (χ0n) is 12.0. The third-order valence-corrected chi connectivity index (χ3v) is 3.46. The van der Waals surface area contributed by atoms with E-state index >= 15 is 0 Å². The van der Waals surface area contributed by atoms with Gasteiger partial charge in [-0.15, -0.1) is 0 Å². The standard InChI is InChI=1S/C12H19N3O5/c1-5-7(9(17)18)14(4)11(20)15-6-8(16)13-10(19)12(15,2)3/h7H,5-6H2,1-4H3,(H,17,18)(H,13,16,19). The van der Waals surface area contributed by atoms with E-state index in [9.17, 15) is 19.2 Å². The third kappa shape index (κ3) is 2.73. The van der Waals surface area contributed by atoms with Gasteiger partial charge < -0.3 is 14.9 Å². The summed E-state index contributed by atoms with van der Waals surface area (Å²) in [6.45, 7) is 4.37. The number of amides is 4. The maximum Gasteiger partial charge on any atom is 0.326 e. The Kier molecular flexibility index (Phi) is 4.36. The summed E-state index contributed by atoms with van der Waals surface area (Å²) in [4.78, 5) is 48.8. The van der Waals surface area contributed by atoms with Crippen LogP contribution in [-0.4, -0.2) is 63.9 Å². The molecule has 1 aliphatic heterocycles. The zero-order chi connectivity index (χ0) is 15.7. The van der Waals surface area contributed by atoms with Crippen molar-refractivity contribution in [2.24, 2.45) is 0 Å². The number of hydrogen-bond donors (Lipinski definition) is 2. The lowest BCUT2D eigenvalue weighted by Gasteiger charge is -2.42. The monoisotopic (exact) mass is 285 g/mol. The number of carboxylic acids is 1. The molecule has 2 N–H and O–H groups in total. The summed E-state index contributed by atoms with van der Waals surface area (Å²) in [5.74, 6) is -2.30. The van der Waals surface area contributed by atoms with Crippen LogP contribution >= 0.6 is 0 Å². The molecule has 4 amide bonds. The molecule has 0 aromatic heterocycles. The molecule has 0 bridgehead atoms. The molecule has 1 heterocycles. The first-order valence-corrected chi connectivity index (χ1v) is 6.24. The molecular formula is C12H19N3O5. The van der Waals surface area contributed by atoms with Crippen molar-refractivity contribution in [1.82, 2.24) is 15.1 Å². The smallest absolute Gasteiger partial charge is 0.326 e. The number of rotatable bonds is 3. The van der Waals surface area contributed by atoms with E-state index in [4.69, 9.17) is 5.11 Å². The van der Waals surface area contributed by atoms with Gasteiger partial charge >= 0.3 is 12.0 Å². The third-order valence-electron chi connectivity index (χ3n) is 3.46. The van der Waals surface area contributed by atoms with E-state index < -0.39 is 35.4 Å². The Morgan fingerprint density at radius 1 is 1.45 bits per heavy atom. The SMILES string of the molecule is CCC(C(=O)O)N(C)C(=O)N1CC(=O)NC(=O)C1(C)C. The topological polar surface area (TPSA) is 107 Å². The van der Waals surface area contributed by atoms with E-state index in [1.165, 1.54) is 20.9 Å². The Morgan fingerprint density at radius 2 is 2.00 bits per heavy atom. The van der Waals surface area contributed by atoms with Crippen molar-refractivity contribution in [3.63, 3.8) is 0 Å². The first-order chi connectivity index (χ1) is 9.12. The fourth-order valence-electron chi connectivity index (χ4n) is 2.03. The number of urea groups is 1. The maximum absolute atomic E-state index is 12.4. The molecular weight excluding hydrogens is 266 g/mol. The summed E-state index contributed by atoms with van der Waals surface area (Å²) >= 11 is 0. The highest BCUT2D eigenvalue weighted by Gasteiger charge is 2.45. The number of piperazine rings is 1. The number of likely N-dealkylation sites (N-methyl/N-ethyl adjacent to an activating group) is 1. The van der Waals surface area contributed by atoms with Crippen LogP contribution in [0.3, 0.4) is 0 Å². The first kappa shape index (κ1) is 15.9. The molecule has 0 spiro atoms. The molecule has 0 aromatic carbocycles. The fraction of sp³-hybridized carbons (Fsp3) is 0.667. The van der Waals surface area contributed by atoms with E-state index in [0.717, 1.165) is 9.80 Å². The number of carbonyl (C=O) groups is 4. The molecule has 1 unspecified atom stereocenters. The van der Waals surface area contributed by atoms with E-state index in [-0.39, 0.29) is 13.0 Å². The highest BCUT2D eigenvalue weighted by atomic mass is 16.4. The van der Waals surface area contributed by atoms with Gasteiger partial charge in [-0.1, -0.05) is 6.92 Å². The van der Waals surface area contributed by atoms with Crippen molar-refractivity contribution in [3.05, 3.63) is 0 Å². The Labute approximate surface area is 116 Å². The van der Waals surface area contributed by atoms with Crippen LogP contribution in [-0.2, 0) is 14.4 Å². The highest BCUT2D eigenvalue weighted by Crippen LogP contribution is 2.21. The van der Waals surface area contributed by atoms with Gasteiger partial charge in [-0.05, 0) is 20.3 Å². The molecule has 0 radical (unpaired) electrons. The van der Waals surface area contributed by atoms with Crippen LogP contribution < -0.4 is 5.32 Å². The van der Waals surface area contributed by atoms with Crippen LogP contribution in [0.5, 0.6) is 0 Å². The summed E-state index contributed by atoms with van der Waals surface area (Å²) in [7, 11) is 1.34. The van der Waals surface area contributed by atoms with Crippen molar-refractivity contribution < 1.29 is 24.3 Å². The average molecular weight is 285 g/mol. The van der Waals surface area contributed by atoms with E-state index in [0.29, 0.717) is 0 Å². The molecule has 1 atom stereocenters. The summed E-state index contributed by atoms with van der Waals surface area (Å²) < 4.78 is 0. The second-order valence-electron chi connectivity index (χ2n) is 5.18. The molecule has 20 heavy (non-hydrogen) atoms. The van der Waals surface area contributed by atoms with Crippen LogP contribution in [0.1, 0.15) is 27.2 Å². The molecule has 8 heteroatoms. The molecule has 1 fully saturated rings. The van der Waals surface area contributed by atoms with Gasteiger partial charge in [0.15, 0.2) is 0 Å². The molecule has 112 valence electrons. The number of carbonyl (C=O) groups excluding carboxylic acids is 3. The minimum Gasteiger partial charge on any atom is -0.480 e. The number of aliphatic carboxylic acids is 1. The van der Waals surface area contributed by atoms with Gasteiger partial charge in [0, 0.05) is 7.05 Å². The van der Waals surface area contributed by atoms with Crippen LogP contribution in [0.4, 0.5) is 4.79 Å². The number of hydrogen-bond acceptors (Lipinski definition) is 4. The second kappa shape index (κ2) is 5.48. The van der Waals surface area contributed by atoms with Crippen LogP contribution in [0.25, 0.3) is 0 Å². The van der Waals surface area contributed by atoms with Gasteiger partial charge in [0.1, 0.15) is 18.1 Å². The highest BCUT2D eigenvalue weighted by molar-refractivity contribution is 6.06. The molecule has 0 aromatic rings. The van der Waals surface area contributed by atoms with E-state index in [2.05, 4.69) is 5.32 Å². The number of nitrogens with zero attached hydrogens (tertiary/aromatic N) is 2. The fourth-order valence-corrected chi connectivity index (χ4v) is 2.03. The van der Waals surface area contributed by atoms with Gasteiger partial charge in [-0.25, -0.2) is 9.59 Å². The van der Waals surface area contributed by atoms with Crippen molar-refractivity contribution in [1.29, 1.82) is 0 Å². The molecule has 0 aliphatic carbocycles. The van der Waals surface area contributed by atoms with Crippen LogP contribution in [0.2, 0.25) is 0 Å². The molecule has 1 aliphatic rings. The van der Waals surface area contributed by atoms with E-state index in [1.54, 1.807) is 6.92 Å². The quantitative estimate of drug-likeness (QED) is 0.688. The summed E-state index contributed by atoms with van der Waals surface area (Å²) in [5, 5.41) is 11.2. The van der Waals surface area contributed by atoms with Crippen molar-refractivity contribution in [2.45, 2.75) is 38.8 Å². The van der Waals surface area contributed by atoms with Crippen LogP contribution in [0, 0.1) is 0 Å². The second-order valence-corrected chi connectivity index (χ2v) is 5.18.